The van der Waals surface area contributed by atoms with E-state index < -0.39 is 0 Å². The number of nitrogens with zero attached hydrogens (tertiary/aromatic N) is 2. The molecule has 2 aromatic carbocycles. The topological polar surface area (TPSA) is 76.1 Å². The van der Waals surface area contributed by atoms with E-state index in [1.54, 1.807) is 19.5 Å². The van der Waals surface area contributed by atoms with Crippen molar-refractivity contribution in [3.8, 4) is 17.1 Å². The Morgan fingerprint density at radius 1 is 1.04 bits per heavy atom. The Morgan fingerprint density at radius 2 is 1.79 bits per heavy atom. The number of anilines is 1. The molecule has 0 saturated carbocycles. The maximum Gasteiger partial charge on any atom is 0.238 e. The van der Waals surface area contributed by atoms with Crippen molar-refractivity contribution in [1.29, 1.82) is 0 Å². The predicted molar refractivity (Wildman–Crippen MR) is 110 cm³/mol. The number of hydrogen-bond donors (Lipinski definition) is 2. The minimum absolute atomic E-state index is 0.138. The van der Waals surface area contributed by atoms with E-state index in [1.165, 1.54) is 5.56 Å². The molecule has 0 unspecified atom stereocenters. The molecule has 0 radical (unpaired) electrons. The zero-order valence-electron chi connectivity index (χ0n) is 16.3. The minimum atomic E-state index is -0.138. The highest BCUT2D eigenvalue weighted by atomic mass is 16.5. The monoisotopic (exact) mass is 376 g/mol. The first-order chi connectivity index (χ1) is 13.5. The zero-order valence-corrected chi connectivity index (χ0v) is 16.3. The normalized spacial score (nSPS) is 10.5. The molecule has 1 heterocycles. The van der Waals surface area contributed by atoms with E-state index in [0.717, 1.165) is 16.7 Å². The molecule has 0 aliphatic heterocycles. The summed E-state index contributed by atoms with van der Waals surface area (Å²) in [6.07, 6.45) is 3.55. The molecular weight excluding hydrogens is 352 g/mol. The fourth-order valence-corrected chi connectivity index (χ4v) is 2.81. The van der Waals surface area contributed by atoms with Crippen LogP contribution in [0.25, 0.3) is 11.4 Å². The Morgan fingerprint density at radius 3 is 2.50 bits per heavy atom. The lowest BCUT2D eigenvalue weighted by Crippen LogP contribution is -2.28. The summed E-state index contributed by atoms with van der Waals surface area (Å²) in [5, 5.41) is 5.98. The van der Waals surface area contributed by atoms with Crippen LogP contribution in [0.5, 0.6) is 5.75 Å². The lowest BCUT2D eigenvalue weighted by atomic mass is 10.1. The fraction of sp³-hybridized carbons (Fsp3) is 0.227. The summed E-state index contributed by atoms with van der Waals surface area (Å²) in [7, 11) is 1.58. The van der Waals surface area contributed by atoms with Gasteiger partial charge in [0.1, 0.15) is 5.75 Å². The predicted octanol–water partition coefficient (Wildman–Crippen LogP) is 3.50. The summed E-state index contributed by atoms with van der Waals surface area (Å²) >= 11 is 0. The Labute approximate surface area is 165 Å². The third kappa shape index (κ3) is 5.14. The second kappa shape index (κ2) is 9.10. The van der Waals surface area contributed by atoms with Crippen LogP contribution in [0.15, 0.2) is 54.9 Å². The number of nitrogens with one attached hydrogen (secondary N) is 2. The largest absolute Gasteiger partial charge is 0.495 e. The SMILES string of the molecule is COc1ccc(C)cc1NC(=O)CNCc1cnc(-c2cccc(C)c2)nc1. The van der Waals surface area contributed by atoms with Gasteiger partial charge in [0.05, 0.1) is 19.3 Å². The zero-order chi connectivity index (χ0) is 19.9. The number of carbonyl (C=O) groups is 1. The van der Waals surface area contributed by atoms with Crippen LogP contribution in [-0.4, -0.2) is 29.5 Å². The second-order valence-corrected chi connectivity index (χ2v) is 6.64. The molecule has 28 heavy (non-hydrogen) atoms. The van der Waals surface area contributed by atoms with Gasteiger partial charge in [-0.05, 0) is 37.6 Å². The lowest BCUT2D eigenvalue weighted by Gasteiger charge is -2.11. The third-order valence-corrected chi connectivity index (χ3v) is 4.23. The number of methoxy groups -OCH3 is 1. The molecule has 0 spiro atoms. The van der Waals surface area contributed by atoms with Crippen LogP contribution < -0.4 is 15.4 Å². The van der Waals surface area contributed by atoms with Gasteiger partial charge in [0, 0.05) is 30.1 Å². The number of amides is 1. The molecule has 0 atom stereocenters. The molecule has 3 rings (SSSR count). The van der Waals surface area contributed by atoms with Crippen molar-refractivity contribution in [2.24, 2.45) is 0 Å². The van der Waals surface area contributed by atoms with Gasteiger partial charge in [-0.15, -0.1) is 0 Å². The summed E-state index contributed by atoms with van der Waals surface area (Å²) < 4.78 is 5.28. The second-order valence-electron chi connectivity index (χ2n) is 6.64. The van der Waals surface area contributed by atoms with Gasteiger partial charge in [-0.1, -0.05) is 29.8 Å². The van der Waals surface area contributed by atoms with Crippen molar-refractivity contribution in [3.63, 3.8) is 0 Å². The highest BCUT2D eigenvalue weighted by Crippen LogP contribution is 2.24. The van der Waals surface area contributed by atoms with Crippen LogP contribution in [0.4, 0.5) is 5.69 Å². The minimum Gasteiger partial charge on any atom is -0.495 e. The molecule has 2 N–H and O–H groups in total. The Hall–Kier alpha value is -3.25. The number of ether oxygens (including phenoxy) is 1. The van der Waals surface area contributed by atoms with Crippen LogP contribution in [0.1, 0.15) is 16.7 Å². The van der Waals surface area contributed by atoms with E-state index in [0.29, 0.717) is 23.8 Å². The third-order valence-electron chi connectivity index (χ3n) is 4.23. The van der Waals surface area contributed by atoms with Crippen molar-refractivity contribution >= 4 is 11.6 Å². The van der Waals surface area contributed by atoms with Crippen LogP contribution >= 0.6 is 0 Å². The first-order valence-electron chi connectivity index (χ1n) is 9.08. The van der Waals surface area contributed by atoms with Gasteiger partial charge in [-0.3, -0.25) is 4.79 Å². The Bertz CT molecular complexity index is 955. The van der Waals surface area contributed by atoms with Gasteiger partial charge in [0.15, 0.2) is 5.82 Å². The van der Waals surface area contributed by atoms with Crippen molar-refractivity contribution in [2.45, 2.75) is 20.4 Å². The van der Waals surface area contributed by atoms with E-state index in [-0.39, 0.29) is 12.5 Å². The van der Waals surface area contributed by atoms with Gasteiger partial charge in [-0.25, -0.2) is 9.97 Å². The summed E-state index contributed by atoms with van der Waals surface area (Å²) in [6, 6.07) is 13.7. The molecule has 0 bridgehead atoms. The molecular formula is C22H24N4O2. The smallest absolute Gasteiger partial charge is 0.238 e. The number of benzene rings is 2. The molecule has 3 aromatic rings. The number of aryl methyl sites for hydroxylation is 2. The van der Waals surface area contributed by atoms with Gasteiger partial charge in [-0.2, -0.15) is 0 Å². The van der Waals surface area contributed by atoms with E-state index in [4.69, 9.17) is 4.74 Å². The number of aromatic nitrogens is 2. The molecule has 0 fully saturated rings. The van der Waals surface area contributed by atoms with Gasteiger partial charge in [0.2, 0.25) is 5.91 Å². The fourth-order valence-electron chi connectivity index (χ4n) is 2.81. The van der Waals surface area contributed by atoms with Crippen LogP contribution in [0.2, 0.25) is 0 Å². The molecule has 6 heteroatoms. The van der Waals surface area contributed by atoms with Crippen LogP contribution in [-0.2, 0) is 11.3 Å². The first-order valence-corrected chi connectivity index (χ1v) is 9.08. The Kier molecular flexibility index (Phi) is 6.34. The van der Waals surface area contributed by atoms with E-state index in [9.17, 15) is 4.79 Å². The van der Waals surface area contributed by atoms with Gasteiger partial charge in [0.25, 0.3) is 0 Å². The summed E-state index contributed by atoms with van der Waals surface area (Å²) in [4.78, 5) is 21.0. The molecule has 0 aliphatic rings. The Balaban J connectivity index is 1.52. The van der Waals surface area contributed by atoms with Gasteiger partial charge >= 0.3 is 0 Å². The van der Waals surface area contributed by atoms with Gasteiger partial charge < -0.3 is 15.4 Å². The maximum atomic E-state index is 12.2. The quantitative estimate of drug-likeness (QED) is 0.660. The lowest BCUT2D eigenvalue weighted by molar-refractivity contribution is -0.115. The summed E-state index contributed by atoms with van der Waals surface area (Å²) in [5.74, 6) is 1.19. The summed E-state index contributed by atoms with van der Waals surface area (Å²) in [6.45, 7) is 4.69. The highest BCUT2D eigenvalue weighted by molar-refractivity contribution is 5.93. The summed E-state index contributed by atoms with van der Waals surface area (Å²) in [5.41, 5.74) is 4.79. The van der Waals surface area contributed by atoms with Crippen molar-refractivity contribution in [2.75, 3.05) is 19.0 Å². The maximum absolute atomic E-state index is 12.2. The molecule has 0 aliphatic carbocycles. The standard InChI is InChI=1S/C22H24N4O2/c1-15-5-4-6-18(9-15)22-24-12-17(13-25-22)11-23-14-21(27)26-19-10-16(2)7-8-20(19)28-3/h4-10,12-13,23H,11,14H2,1-3H3,(H,26,27). The average Bonchev–Trinajstić information content (AvgIpc) is 2.69. The number of carbonyl (C=O) groups excluding carboxylic acids is 1. The molecule has 6 nitrogen and oxygen atoms in total. The number of rotatable bonds is 7. The molecule has 1 aromatic heterocycles. The van der Waals surface area contributed by atoms with E-state index in [2.05, 4.69) is 26.7 Å². The number of hydrogen-bond acceptors (Lipinski definition) is 5. The van der Waals surface area contributed by atoms with Crippen LogP contribution in [0.3, 0.4) is 0 Å². The first kappa shape index (κ1) is 19.5. The van der Waals surface area contributed by atoms with E-state index in [1.807, 2.05) is 50.2 Å². The van der Waals surface area contributed by atoms with Crippen molar-refractivity contribution in [3.05, 3.63) is 71.5 Å². The molecule has 0 saturated heterocycles. The van der Waals surface area contributed by atoms with Crippen molar-refractivity contribution in [1.82, 2.24) is 15.3 Å². The molecule has 144 valence electrons. The van der Waals surface area contributed by atoms with Crippen molar-refractivity contribution < 1.29 is 9.53 Å². The van der Waals surface area contributed by atoms with Crippen LogP contribution in [0, 0.1) is 13.8 Å². The van der Waals surface area contributed by atoms with E-state index >= 15 is 0 Å². The highest BCUT2D eigenvalue weighted by Gasteiger charge is 2.08. The average molecular weight is 376 g/mol. The molecule has 1 amide bonds.